The number of aromatic nitrogens is 2. The molecular weight excluding hydrogens is 296 g/mol. The Kier molecular flexibility index (Phi) is 5.41. The molecule has 128 valence electrons. The van der Waals surface area contributed by atoms with Crippen molar-refractivity contribution in [2.75, 3.05) is 26.7 Å². The van der Waals surface area contributed by atoms with Crippen LogP contribution in [0.1, 0.15) is 53.8 Å². The fraction of sp³-hybridized carbons (Fsp3) is 0.688. The Morgan fingerprint density at radius 3 is 2.74 bits per heavy atom. The van der Waals surface area contributed by atoms with Crippen LogP contribution in [0.5, 0.6) is 0 Å². The van der Waals surface area contributed by atoms with E-state index in [0.29, 0.717) is 5.92 Å². The van der Waals surface area contributed by atoms with Gasteiger partial charge in [0.1, 0.15) is 0 Å². The van der Waals surface area contributed by atoms with E-state index in [4.69, 9.17) is 9.90 Å². The maximum atomic E-state index is 12.5. The quantitative estimate of drug-likeness (QED) is 0.727. The van der Waals surface area contributed by atoms with E-state index in [-0.39, 0.29) is 17.8 Å². The van der Waals surface area contributed by atoms with E-state index in [9.17, 15) is 4.79 Å². The lowest BCUT2D eigenvalue weighted by atomic mass is 9.89. The lowest BCUT2D eigenvalue weighted by Crippen LogP contribution is -2.37. The summed E-state index contributed by atoms with van der Waals surface area (Å²) in [5.41, 5.74) is 2.83. The summed E-state index contributed by atoms with van der Waals surface area (Å²) in [4.78, 5) is 23.2. The fourth-order valence-corrected chi connectivity index (χ4v) is 3.18. The maximum absolute atomic E-state index is 12.5. The van der Waals surface area contributed by atoms with Crippen LogP contribution in [-0.2, 0) is 4.79 Å². The number of likely N-dealkylation sites (tertiary alicyclic amines) is 1. The molecule has 7 nitrogen and oxygen atoms in total. The molecule has 23 heavy (non-hydrogen) atoms. The Balaban J connectivity index is 0.000000595. The summed E-state index contributed by atoms with van der Waals surface area (Å²) < 4.78 is 0. The molecule has 1 amide bonds. The molecule has 3 rings (SSSR count). The van der Waals surface area contributed by atoms with Crippen LogP contribution in [0.3, 0.4) is 0 Å². The van der Waals surface area contributed by atoms with Crippen molar-refractivity contribution in [3.05, 3.63) is 17.0 Å². The van der Waals surface area contributed by atoms with Crippen LogP contribution in [0.2, 0.25) is 0 Å². The zero-order valence-corrected chi connectivity index (χ0v) is 14.1. The molecule has 1 saturated heterocycles. The van der Waals surface area contributed by atoms with Crippen molar-refractivity contribution in [2.45, 2.75) is 39.0 Å². The summed E-state index contributed by atoms with van der Waals surface area (Å²) in [6, 6.07) is 0. The van der Waals surface area contributed by atoms with Gasteiger partial charge in [0.25, 0.3) is 12.4 Å². The highest BCUT2D eigenvalue weighted by Gasteiger charge is 2.35. The molecule has 7 heteroatoms. The summed E-state index contributed by atoms with van der Waals surface area (Å²) >= 11 is 0. The molecule has 1 atom stereocenters. The number of hydrogen-bond acceptors (Lipinski definition) is 4. The minimum Gasteiger partial charge on any atom is -0.483 e. The third kappa shape index (κ3) is 4.31. The molecule has 0 aromatic carbocycles. The van der Waals surface area contributed by atoms with Crippen LogP contribution in [0.15, 0.2) is 0 Å². The highest BCUT2D eigenvalue weighted by atomic mass is 16.3. The molecule has 2 fully saturated rings. The van der Waals surface area contributed by atoms with Gasteiger partial charge in [0.05, 0.1) is 11.3 Å². The lowest BCUT2D eigenvalue weighted by Gasteiger charge is -2.24. The summed E-state index contributed by atoms with van der Waals surface area (Å²) in [6.07, 6.45) is 3.46. The molecule has 0 spiro atoms. The van der Waals surface area contributed by atoms with Crippen molar-refractivity contribution >= 4 is 12.4 Å². The molecule has 1 aromatic rings. The monoisotopic (exact) mass is 322 g/mol. The largest absolute Gasteiger partial charge is 0.483 e. The summed E-state index contributed by atoms with van der Waals surface area (Å²) in [7, 11) is 2.14. The van der Waals surface area contributed by atoms with Gasteiger partial charge in [-0.25, -0.2) is 0 Å². The first-order valence-corrected chi connectivity index (χ1v) is 7.99. The number of nitrogens with zero attached hydrogens (tertiary/aromatic N) is 2. The van der Waals surface area contributed by atoms with Gasteiger partial charge in [0, 0.05) is 24.7 Å². The number of hydrogen-bond donors (Lipinski definition) is 3. The fourth-order valence-electron chi connectivity index (χ4n) is 3.18. The number of rotatable bonds is 4. The standard InChI is InChI=1S/C15H24N4O.CH2O2/c1-10-12(13(18-17-10)11-4-5-11)14(20)16-8-15(2)6-7-19(3)9-15;2-1-3/h11H,4-9H2,1-3H3,(H,16,20)(H,17,18);1H,(H,2,3). The average Bonchev–Trinajstić information content (AvgIpc) is 3.18. The van der Waals surface area contributed by atoms with E-state index in [2.05, 4.69) is 34.4 Å². The predicted molar refractivity (Wildman–Crippen MR) is 86.5 cm³/mol. The number of H-pyrrole nitrogens is 1. The lowest BCUT2D eigenvalue weighted by molar-refractivity contribution is -0.122. The van der Waals surface area contributed by atoms with E-state index in [1.807, 2.05) is 6.92 Å². The highest BCUT2D eigenvalue weighted by molar-refractivity contribution is 5.96. The van der Waals surface area contributed by atoms with Crippen LogP contribution >= 0.6 is 0 Å². The highest BCUT2D eigenvalue weighted by Crippen LogP contribution is 2.41. The van der Waals surface area contributed by atoms with Gasteiger partial charge in [-0.3, -0.25) is 14.7 Å². The number of nitrogens with one attached hydrogen (secondary N) is 2. The Bertz CT molecular complexity index is 568. The summed E-state index contributed by atoms with van der Waals surface area (Å²) in [6.45, 7) is 6.84. The molecule has 0 radical (unpaired) electrons. The van der Waals surface area contributed by atoms with Gasteiger partial charge in [-0.05, 0) is 45.2 Å². The van der Waals surface area contributed by atoms with Crippen molar-refractivity contribution in [3.8, 4) is 0 Å². The van der Waals surface area contributed by atoms with E-state index in [1.165, 1.54) is 0 Å². The van der Waals surface area contributed by atoms with Crippen molar-refractivity contribution in [3.63, 3.8) is 0 Å². The number of aromatic amines is 1. The summed E-state index contributed by atoms with van der Waals surface area (Å²) in [5, 5.41) is 17.3. The van der Waals surface area contributed by atoms with Crippen molar-refractivity contribution < 1.29 is 14.7 Å². The van der Waals surface area contributed by atoms with Crippen molar-refractivity contribution in [2.24, 2.45) is 5.41 Å². The van der Waals surface area contributed by atoms with Gasteiger partial charge < -0.3 is 15.3 Å². The number of amides is 1. The molecular formula is C16H26N4O3. The average molecular weight is 322 g/mol. The zero-order valence-electron chi connectivity index (χ0n) is 14.1. The van der Waals surface area contributed by atoms with E-state index in [1.54, 1.807) is 0 Å². The second-order valence-corrected chi connectivity index (χ2v) is 6.97. The number of aryl methyl sites for hydroxylation is 1. The molecule has 1 saturated carbocycles. The molecule has 1 unspecified atom stereocenters. The van der Waals surface area contributed by atoms with E-state index < -0.39 is 0 Å². The molecule has 2 aliphatic rings. The normalized spacial score (nSPS) is 24.0. The number of carbonyl (C=O) groups excluding carboxylic acids is 1. The smallest absolute Gasteiger partial charge is 0.290 e. The molecule has 1 aromatic heterocycles. The maximum Gasteiger partial charge on any atom is 0.290 e. The second-order valence-electron chi connectivity index (χ2n) is 6.97. The van der Waals surface area contributed by atoms with E-state index >= 15 is 0 Å². The Hall–Kier alpha value is -1.89. The van der Waals surface area contributed by atoms with Gasteiger partial charge in [0.2, 0.25) is 0 Å². The molecule has 3 N–H and O–H groups in total. The van der Waals surface area contributed by atoms with Gasteiger partial charge in [0.15, 0.2) is 0 Å². The third-order valence-electron chi connectivity index (χ3n) is 4.59. The number of carbonyl (C=O) groups is 2. The predicted octanol–water partition coefficient (Wildman–Crippen LogP) is 1.37. The minimum atomic E-state index is -0.250. The Labute approximate surface area is 136 Å². The van der Waals surface area contributed by atoms with E-state index in [0.717, 1.165) is 55.8 Å². The van der Waals surface area contributed by atoms with Crippen LogP contribution < -0.4 is 5.32 Å². The molecule has 1 aliphatic heterocycles. The van der Waals surface area contributed by atoms with Crippen molar-refractivity contribution in [1.82, 2.24) is 20.4 Å². The zero-order chi connectivity index (χ0) is 17.0. The minimum absolute atomic E-state index is 0.0360. The topological polar surface area (TPSA) is 98.3 Å². The van der Waals surface area contributed by atoms with Crippen LogP contribution in [0, 0.1) is 12.3 Å². The summed E-state index contributed by atoms with van der Waals surface area (Å²) in [5.74, 6) is 0.530. The SMILES string of the molecule is Cc1[nH]nc(C2CC2)c1C(=O)NCC1(C)CCN(C)C1.O=CO. The Morgan fingerprint density at radius 2 is 2.22 bits per heavy atom. The first-order valence-electron chi connectivity index (χ1n) is 7.99. The third-order valence-corrected chi connectivity index (χ3v) is 4.59. The Morgan fingerprint density at radius 1 is 1.57 bits per heavy atom. The van der Waals surface area contributed by atoms with Gasteiger partial charge in [-0.1, -0.05) is 6.92 Å². The molecule has 1 aliphatic carbocycles. The van der Waals surface area contributed by atoms with Crippen LogP contribution in [0.4, 0.5) is 0 Å². The van der Waals surface area contributed by atoms with Gasteiger partial charge >= 0.3 is 0 Å². The first kappa shape index (κ1) is 17.5. The van der Waals surface area contributed by atoms with Crippen LogP contribution in [-0.4, -0.2) is 59.3 Å². The van der Waals surface area contributed by atoms with Gasteiger partial charge in [-0.2, -0.15) is 5.10 Å². The molecule has 2 heterocycles. The second kappa shape index (κ2) is 7.12. The van der Waals surface area contributed by atoms with Gasteiger partial charge in [-0.15, -0.1) is 0 Å². The van der Waals surface area contributed by atoms with Crippen LogP contribution in [0.25, 0.3) is 0 Å². The van der Waals surface area contributed by atoms with Crippen molar-refractivity contribution in [1.29, 1.82) is 0 Å². The molecule has 0 bridgehead atoms. The first-order chi connectivity index (χ1) is 10.9. The number of carboxylic acid groups (broad SMARTS) is 1.